The Morgan fingerprint density at radius 2 is 2.33 bits per heavy atom. The molecule has 0 saturated carbocycles. The second kappa shape index (κ2) is 3.96. The highest BCUT2D eigenvalue weighted by atomic mass is 32.2. The molecule has 0 aromatic carbocycles. The van der Waals surface area contributed by atoms with Gasteiger partial charge in [-0.15, -0.1) is 0 Å². The molecule has 1 rings (SSSR count). The molecule has 4 nitrogen and oxygen atoms in total. The van der Waals surface area contributed by atoms with Crippen molar-refractivity contribution in [3.8, 4) is 0 Å². The SMILES string of the molecule is NC(=O)CSc1ccc(N)cn1. The molecule has 4 N–H and O–H groups in total. The number of hydrogen-bond donors (Lipinski definition) is 2. The van der Waals surface area contributed by atoms with Gasteiger partial charge in [0.1, 0.15) is 0 Å². The molecule has 0 bridgehead atoms. The normalized spacial score (nSPS) is 9.67. The maximum atomic E-state index is 10.4. The highest BCUT2D eigenvalue weighted by molar-refractivity contribution is 7.99. The first kappa shape index (κ1) is 8.86. The lowest BCUT2D eigenvalue weighted by Crippen LogP contribution is -2.13. The number of rotatable bonds is 3. The molecule has 0 aliphatic heterocycles. The number of hydrogen-bond acceptors (Lipinski definition) is 4. The Morgan fingerprint density at radius 1 is 1.58 bits per heavy atom. The van der Waals surface area contributed by atoms with Crippen LogP contribution in [0.5, 0.6) is 0 Å². The summed E-state index contributed by atoms with van der Waals surface area (Å²) in [6, 6.07) is 3.49. The zero-order chi connectivity index (χ0) is 8.97. The molecular weight excluding hydrogens is 174 g/mol. The van der Waals surface area contributed by atoms with Gasteiger partial charge in [0, 0.05) is 0 Å². The molecule has 0 aliphatic rings. The van der Waals surface area contributed by atoms with Gasteiger partial charge < -0.3 is 11.5 Å². The van der Waals surface area contributed by atoms with E-state index in [9.17, 15) is 4.79 Å². The molecule has 1 heterocycles. The molecule has 1 amide bonds. The summed E-state index contributed by atoms with van der Waals surface area (Å²) in [5.41, 5.74) is 11.0. The van der Waals surface area contributed by atoms with Gasteiger partial charge in [-0.05, 0) is 12.1 Å². The second-order valence-electron chi connectivity index (χ2n) is 2.18. The van der Waals surface area contributed by atoms with E-state index in [0.29, 0.717) is 5.69 Å². The van der Waals surface area contributed by atoms with E-state index in [-0.39, 0.29) is 11.7 Å². The van der Waals surface area contributed by atoms with E-state index in [4.69, 9.17) is 11.5 Å². The lowest BCUT2D eigenvalue weighted by atomic mass is 10.4. The molecule has 0 fully saturated rings. The predicted molar refractivity (Wildman–Crippen MR) is 48.6 cm³/mol. The van der Waals surface area contributed by atoms with Gasteiger partial charge in [-0.3, -0.25) is 4.79 Å². The van der Waals surface area contributed by atoms with Crippen molar-refractivity contribution in [1.82, 2.24) is 4.98 Å². The monoisotopic (exact) mass is 183 g/mol. The van der Waals surface area contributed by atoms with Crippen LogP contribution < -0.4 is 11.5 Å². The van der Waals surface area contributed by atoms with Crippen LogP contribution in [0.15, 0.2) is 23.4 Å². The predicted octanol–water partition coefficient (Wildman–Crippen LogP) is 0.241. The quantitative estimate of drug-likeness (QED) is 0.658. The van der Waals surface area contributed by atoms with Gasteiger partial charge in [-0.1, -0.05) is 11.8 Å². The minimum Gasteiger partial charge on any atom is -0.397 e. The number of carbonyl (C=O) groups is 1. The largest absolute Gasteiger partial charge is 0.397 e. The maximum absolute atomic E-state index is 10.4. The first-order valence-corrected chi connectivity index (χ1v) is 4.29. The Labute approximate surface area is 74.3 Å². The van der Waals surface area contributed by atoms with E-state index in [1.807, 2.05) is 0 Å². The van der Waals surface area contributed by atoms with E-state index < -0.39 is 0 Å². The molecule has 0 radical (unpaired) electrons. The van der Waals surface area contributed by atoms with E-state index in [1.165, 1.54) is 11.8 Å². The van der Waals surface area contributed by atoms with Crippen LogP contribution in [0.1, 0.15) is 0 Å². The lowest BCUT2D eigenvalue weighted by Gasteiger charge is -1.97. The van der Waals surface area contributed by atoms with Crippen molar-refractivity contribution in [1.29, 1.82) is 0 Å². The highest BCUT2D eigenvalue weighted by Crippen LogP contribution is 2.14. The molecule has 0 aliphatic carbocycles. The van der Waals surface area contributed by atoms with Crippen LogP contribution in [0.4, 0.5) is 5.69 Å². The molecular formula is C7H9N3OS. The highest BCUT2D eigenvalue weighted by Gasteiger charge is 1.97. The van der Waals surface area contributed by atoms with Crippen LogP contribution in [0.2, 0.25) is 0 Å². The number of nitrogens with zero attached hydrogens (tertiary/aromatic N) is 1. The summed E-state index contributed by atoms with van der Waals surface area (Å²) in [5, 5.41) is 0.753. The van der Waals surface area contributed by atoms with E-state index in [2.05, 4.69) is 4.98 Å². The third-order valence-electron chi connectivity index (χ3n) is 1.12. The summed E-state index contributed by atoms with van der Waals surface area (Å²) < 4.78 is 0. The number of pyridine rings is 1. The summed E-state index contributed by atoms with van der Waals surface area (Å²) in [4.78, 5) is 14.4. The zero-order valence-corrected chi connectivity index (χ0v) is 7.17. The first-order valence-electron chi connectivity index (χ1n) is 3.31. The van der Waals surface area contributed by atoms with Gasteiger partial charge in [-0.25, -0.2) is 4.98 Å². The Balaban J connectivity index is 2.53. The molecule has 0 saturated heterocycles. The van der Waals surface area contributed by atoms with Crippen molar-refractivity contribution < 1.29 is 4.79 Å². The molecule has 1 aromatic heterocycles. The Kier molecular flexibility index (Phi) is 2.93. The number of amides is 1. The summed E-state index contributed by atoms with van der Waals surface area (Å²) >= 11 is 1.30. The number of primary amides is 1. The average molecular weight is 183 g/mol. The summed E-state index contributed by atoms with van der Waals surface area (Å²) in [7, 11) is 0. The van der Waals surface area contributed by atoms with Crippen molar-refractivity contribution in [2.24, 2.45) is 5.73 Å². The molecule has 0 atom stereocenters. The molecule has 0 unspecified atom stereocenters. The van der Waals surface area contributed by atoms with Crippen LogP contribution in [-0.4, -0.2) is 16.6 Å². The summed E-state index contributed by atoms with van der Waals surface area (Å²) in [6.07, 6.45) is 1.54. The number of aromatic nitrogens is 1. The lowest BCUT2D eigenvalue weighted by molar-refractivity contribution is -0.115. The van der Waals surface area contributed by atoms with E-state index >= 15 is 0 Å². The Bertz CT molecular complexity index is 272. The molecule has 64 valence electrons. The molecule has 1 aromatic rings. The number of nitrogens with two attached hydrogens (primary N) is 2. The fourth-order valence-corrected chi connectivity index (χ4v) is 1.20. The van der Waals surface area contributed by atoms with Crippen LogP contribution in [0.3, 0.4) is 0 Å². The van der Waals surface area contributed by atoms with Gasteiger partial charge in [0.15, 0.2) is 0 Å². The average Bonchev–Trinajstić information content (AvgIpc) is 2.03. The minimum atomic E-state index is -0.348. The van der Waals surface area contributed by atoms with Crippen molar-refractivity contribution in [3.05, 3.63) is 18.3 Å². The van der Waals surface area contributed by atoms with Crippen molar-refractivity contribution in [2.75, 3.05) is 11.5 Å². The molecule has 12 heavy (non-hydrogen) atoms. The fraction of sp³-hybridized carbons (Fsp3) is 0.143. The number of anilines is 1. The third kappa shape index (κ3) is 2.79. The van der Waals surface area contributed by atoms with Crippen molar-refractivity contribution in [2.45, 2.75) is 5.03 Å². The maximum Gasteiger partial charge on any atom is 0.227 e. The number of thioether (sulfide) groups is 1. The third-order valence-corrected chi connectivity index (χ3v) is 2.09. The minimum absolute atomic E-state index is 0.247. The fourth-order valence-electron chi connectivity index (χ4n) is 0.622. The standard InChI is InChI=1S/C7H9N3OS/c8-5-1-2-7(10-3-5)12-4-6(9)11/h1-3H,4,8H2,(H2,9,11). The van der Waals surface area contributed by atoms with Crippen LogP contribution in [0.25, 0.3) is 0 Å². The Hall–Kier alpha value is -1.23. The number of carbonyl (C=O) groups excluding carboxylic acids is 1. The number of nitrogen functional groups attached to an aromatic ring is 1. The van der Waals surface area contributed by atoms with Gasteiger partial charge in [0.05, 0.1) is 22.7 Å². The van der Waals surface area contributed by atoms with Crippen molar-refractivity contribution >= 4 is 23.4 Å². The van der Waals surface area contributed by atoms with E-state index in [1.54, 1.807) is 18.3 Å². The summed E-state index contributed by atoms with van der Waals surface area (Å²) in [6.45, 7) is 0. The van der Waals surface area contributed by atoms with Gasteiger partial charge >= 0.3 is 0 Å². The van der Waals surface area contributed by atoms with Gasteiger partial charge in [0.2, 0.25) is 5.91 Å². The van der Waals surface area contributed by atoms with Gasteiger partial charge in [0.25, 0.3) is 0 Å². The first-order chi connectivity index (χ1) is 5.68. The smallest absolute Gasteiger partial charge is 0.227 e. The molecule has 5 heteroatoms. The zero-order valence-electron chi connectivity index (χ0n) is 6.36. The summed E-state index contributed by atoms with van der Waals surface area (Å²) in [5.74, 6) is -0.102. The molecule has 0 spiro atoms. The van der Waals surface area contributed by atoms with Crippen LogP contribution in [0, 0.1) is 0 Å². The van der Waals surface area contributed by atoms with Crippen LogP contribution >= 0.6 is 11.8 Å². The van der Waals surface area contributed by atoms with Crippen LogP contribution in [-0.2, 0) is 4.79 Å². The second-order valence-corrected chi connectivity index (χ2v) is 3.18. The van der Waals surface area contributed by atoms with Crippen molar-refractivity contribution in [3.63, 3.8) is 0 Å². The van der Waals surface area contributed by atoms with E-state index in [0.717, 1.165) is 5.03 Å². The Morgan fingerprint density at radius 3 is 2.83 bits per heavy atom. The topological polar surface area (TPSA) is 82.0 Å². The van der Waals surface area contributed by atoms with Gasteiger partial charge in [-0.2, -0.15) is 0 Å².